The molecule has 2 aliphatic rings. The van der Waals surface area contributed by atoms with Gasteiger partial charge in [0.2, 0.25) is 0 Å². The van der Waals surface area contributed by atoms with Crippen LogP contribution in [0.3, 0.4) is 0 Å². The van der Waals surface area contributed by atoms with Gasteiger partial charge in [-0.15, -0.1) is 11.3 Å². The number of piperazine rings is 1. The Morgan fingerprint density at radius 2 is 1.86 bits per heavy atom. The Bertz CT molecular complexity index is 622. The maximum atomic E-state index is 12.5. The Balaban J connectivity index is 1.60. The van der Waals surface area contributed by atoms with Crippen LogP contribution >= 0.6 is 11.3 Å². The third kappa shape index (κ3) is 5.55. The van der Waals surface area contributed by atoms with E-state index in [1.54, 1.807) is 11.3 Å². The van der Waals surface area contributed by atoms with Crippen LogP contribution in [0.4, 0.5) is 0 Å². The van der Waals surface area contributed by atoms with Gasteiger partial charge in [0, 0.05) is 43.1 Å². The van der Waals surface area contributed by atoms with Crippen molar-refractivity contribution in [3.63, 3.8) is 0 Å². The molecule has 1 aliphatic heterocycles. The first-order valence-electron chi connectivity index (χ1n) is 10.7. The zero-order valence-corrected chi connectivity index (χ0v) is 18.0. The molecule has 2 fully saturated rings. The summed E-state index contributed by atoms with van der Waals surface area (Å²) in [5.41, 5.74) is 0. The second-order valence-electron chi connectivity index (χ2n) is 8.00. The van der Waals surface area contributed by atoms with Gasteiger partial charge in [-0.3, -0.25) is 14.5 Å². The van der Waals surface area contributed by atoms with Crippen molar-refractivity contribution < 1.29 is 9.59 Å². The molecule has 1 saturated heterocycles. The lowest BCUT2D eigenvalue weighted by molar-refractivity contribution is -0.140. The quantitative estimate of drug-likeness (QED) is 0.712. The molecule has 0 unspecified atom stereocenters. The highest BCUT2D eigenvalue weighted by Crippen LogP contribution is 2.29. The molecule has 0 spiro atoms. The van der Waals surface area contributed by atoms with Crippen molar-refractivity contribution in [3.05, 3.63) is 22.4 Å². The highest BCUT2D eigenvalue weighted by Gasteiger charge is 2.32. The first-order chi connectivity index (χ1) is 13.6. The maximum Gasteiger partial charge on any atom is 0.309 e. The summed E-state index contributed by atoms with van der Waals surface area (Å²) in [6.07, 6.45) is 5.45. The van der Waals surface area contributed by atoms with E-state index in [0.29, 0.717) is 0 Å². The average Bonchev–Trinajstić information content (AvgIpc) is 3.23. The fraction of sp³-hybridized carbons (Fsp3) is 0.714. The summed E-state index contributed by atoms with van der Waals surface area (Å²) in [4.78, 5) is 31.0. The number of nitrogens with zero attached hydrogens (tertiary/aromatic N) is 2. The number of hydrogen-bond acceptors (Lipinski definition) is 5. The third-order valence-corrected chi connectivity index (χ3v) is 7.00. The van der Waals surface area contributed by atoms with Gasteiger partial charge < -0.3 is 15.5 Å². The average molecular weight is 407 g/mol. The number of carbonyl (C=O) groups excluding carboxylic acids is 2. The number of carbonyl (C=O) groups is 2. The Morgan fingerprint density at radius 1 is 1.14 bits per heavy atom. The number of hydrogen-bond donors (Lipinski definition) is 2. The van der Waals surface area contributed by atoms with Crippen LogP contribution < -0.4 is 10.6 Å². The van der Waals surface area contributed by atoms with Crippen LogP contribution in [0.15, 0.2) is 17.5 Å². The van der Waals surface area contributed by atoms with Crippen LogP contribution in [0.1, 0.15) is 56.9 Å². The Hall–Kier alpha value is -1.44. The van der Waals surface area contributed by atoms with E-state index in [0.717, 1.165) is 58.4 Å². The largest absolute Gasteiger partial charge is 0.345 e. The molecule has 28 heavy (non-hydrogen) atoms. The standard InChI is InChI=1S/C21H34N4O2S/c1-3-24-11-13-25(14-12-24)19(18-10-7-15-28-18)16(2)22-20(26)21(27)23-17-8-5-4-6-9-17/h7,10,15-17,19H,3-6,8-9,11-14H2,1-2H3,(H,22,26)(H,23,27)/t16-,19+/m1/s1. The second-order valence-corrected chi connectivity index (χ2v) is 8.98. The minimum absolute atomic E-state index is 0.102. The van der Waals surface area contributed by atoms with E-state index in [1.807, 2.05) is 6.92 Å². The molecule has 156 valence electrons. The minimum atomic E-state index is -0.508. The van der Waals surface area contributed by atoms with Gasteiger partial charge in [-0.1, -0.05) is 32.3 Å². The van der Waals surface area contributed by atoms with Gasteiger partial charge in [0.1, 0.15) is 0 Å². The van der Waals surface area contributed by atoms with E-state index >= 15 is 0 Å². The normalized spacial score (nSPS) is 21.8. The molecule has 0 aromatic carbocycles. The van der Waals surface area contributed by atoms with Crippen molar-refractivity contribution in [2.75, 3.05) is 32.7 Å². The summed E-state index contributed by atoms with van der Waals surface area (Å²) in [7, 11) is 0. The fourth-order valence-electron chi connectivity index (χ4n) is 4.41. The molecular weight excluding hydrogens is 372 g/mol. The highest BCUT2D eigenvalue weighted by molar-refractivity contribution is 7.10. The number of likely N-dealkylation sites (N-methyl/N-ethyl adjacent to an activating group) is 1. The summed E-state index contributed by atoms with van der Waals surface area (Å²) in [5, 5.41) is 7.98. The number of amides is 2. The molecule has 1 saturated carbocycles. The molecule has 1 aromatic heterocycles. The molecule has 2 atom stereocenters. The smallest absolute Gasteiger partial charge is 0.309 e. The van der Waals surface area contributed by atoms with E-state index < -0.39 is 11.8 Å². The fourth-order valence-corrected chi connectivity index (χ4v) is 5.37. The van der Waals surface area contributed by atoms with Gasteiger partial charge in [0.15, 0.2) is 0 Å². The molecule has 2 amide bonds. The topological polar surface area (TPSA) is 64.7 Å². The van der Waals surface area contributed by atoms with Gasteiger partial charge in [0.05, 0.1) is 6.04 Å². The van der Waals surface area contributed by atoms with Gasteiger partial charge >= 0.3 is 11.8 Å². The van der Waals surface area contributed by atoms with Crippen molar-refractivity contribution in [2.45, 2.75) is 64.1 Å². The molecular formula is C21H34N4O2S. The van der Waals surface area contributed by atoms with Gasteiger partial charge in [-0.2, -0.15) is 0 Å². The van der Waals surface area contributed by atoms with Crippen molar-refractivity contribution in [3.8, 4) is 0 Å². The van der Waals surface area contributed by atoms with E-state index in [4.69, 9.17) is 0 Å². The summed E-state index contributed by atoms with van der Waals surface area (Å²) >= 11 is 1.72. The van der Waals surface area contributed by atoms with Crippen LogP contribution in [0, 0.1) is 0 Å². The lowest BCUT2D eigenvalue weighted by atomic mass is 9.95. The molecule has 3 rings (SSSR count). The Kier molecular flexibility index (Phi) is 7.88. The number of nitrogens with one attached hydrogen (secondary N) is 2. The van der Waals surface area contributed by atoms with E-state index in [1.165, 1.54) is 11.3 Å². The van der Waals surface area contributed by atoms with Crippen LogP contribution in [-0.4, -0.2) is 66.4 Å². The van der Waals surface area contributed by atoms with E-state index in [-0.39, 0.29) is 18.1 Å². The van der Waals surface area contributed by atoms with E-state index in [9.17, 15) is 9.59 Å². The molecule has 6 nitrogen and oxygen atoms in total. The predicted octanol–water partition coefficient (Wildman–Crippen LogP) is 2.38. The highest BCUT2D eigenvalue weighted by atomic mass is 32.1. The third-order valence-electron chi connectivity index (χ3n) is 6.06. The molecule has 2 N–H and O–H groups in total. The van der Waals surface area contributed by atoms with Crippen LogP contribution in [0.2, 0.25) is 0 Å². The lowest BCUT2D eigenvalue weighted by Crippen LogP contribution is -2.54. The Labute approximate surface area is 172 Å². The van der Waals surface area contributed by atoms with Crippen LogP contribution in [-0.2, 0) is 9.59 Å². The molecule has 7 heteroatoms. The van der Waals surface area contributed by atoms with Crippen molar-refractivity contribution in [1.29, 1.82) is 0 Å². The molecule has 1 aromatic rings. The summed E-state index contributed by atoms with van der Waals surface area (Å²) in [6.45, 7) is 9.33. The number of thiophene rings is 1. The van der Waals surface area contributed by atoms with Crippen LogP contribution in [0.5, 0.6) is 0 Å². The summed E-state index contributed by atoms with van der Waals surface area (Å²) in [6, 6.07) is 4.31. The van der Waals surface area contributed by atoms with E-state index in [2.05, 4.69) is 44.9 Å². The van der Waals surface area contributed by atoms with Gasteiger partial charge in [-0.25, -0.2) is 0 Å². The molecule has 0 bridgehead atoms. The number of rotatable bonds is 6. The SMILES string of the molecule is CCN1CCN([C@H](c2cccs2)[C@@H](C)NC(=O)C(=O)NC2CCCCC2)CC1. The van der Waals surface area contributed by atoms with Crippen LogP contribution in [0.25, 0.3) is 0 Å². The zero-order chi connectivity index (χ0) is 19.9. The van der Waals surface area contributed by atoms with Crippen molar-refractivity contribution >= 4 is 23.2 Å². The summed E-state index contributed by atoms with van der Waals surface area (Å²) < 4.78 is 0. The first-order valence-corrected chi connectivity index (χ1v) is 11.6. The predicted molar refractivity (Wildman–Crippen MR) is 113 cm³/mol. The summed E-state index contributed by atoms with van der Waals surface area (Å²) in [5.74, 6) is -0.994. The zero-order valence-electron chi connectivity index (χ0n) is 17.2. The maximum absolute atomic E-state index is 12.5. The van der Waals surface area contributed by atoms with Gasteiger partial charge in [0.25, 0.3) is 0 Å². The lowest BCUT2D eigenvalue weighted by Gasteiger charge is -2.41. The second kappa shape index (κ2) is 10.4. The molecule has 2 heterocycles. The first kappa shape index (κ1) is 21.3. The Morgan fingerprint density at radius 3 is 2.46 bits per heavy atom. The monoisotopic (exact) mass is 406 g/mol. The molecule has 1 aliphatic carbocycles. The van der Waals surface area contributed by atoms with Crippen molar-refractivity contribution in [1.82, 2.24) is 20.4 Å². The molecule has 0 radical (unpaired) electrons. The van der Waals surface area contributed by atoms with Gasteiger partial charge in [-0.05, 0) is 37.8 Å². The van der Waals surface area contributed by atoms with Crippen molar-refractivity contribution in [2.24, 2.45) is 0 Å². The minimum Gasteiger partial charge on any atom is -0.345 e.